The molecular weight excluding hydrogens is 300 g/mol. The van der Waals surface area contributed by atoms with Gasteiger partial charge in [0.25, 0.3) is 0 Å². The molecule has 0 unspecified atom stereocenters. The Labute approximate surface area is 142 Å². The van der Waals surface area contributed by atoms with E-state index >= 15 is 0 Å². The molecule has 6 nitrogen and oxygen atoms in total. The van der Waals surface area contributed by atoms with Crippen LogP contribution in [0.4, 0.5) is 0 Å². The second-order valence-electron chi connectivity index (χ2n) is 5.49. The number of hydrogen-bond donors (Lipinski definition) is 2. The van der Waals surface area contributed by atoms with Crippen molar-refractivity contribution in [2.75, 3.05) is 26.2 Å². The molecule has 0 spiro atoms. The van der Waals surface area contributed by atoms with Gasteiger partial charge in [0.05, 0.1) is 35.9 Å². The summed E-state index contributed by atoms with van der Waals surface area (Å²) >= 11 is 0. The summed E-state index contributed by atoms with van der Waals surface area (Å²) in [7, 11) is 0. The molecule has 0 amide bonds. The quantitative estimate of drug-likeness (QED) is 0.770. The number of aliphatic imine (C=N–C) groups is 2. The Kier molecular flexibility index (Phi) is 6.16. The average Bonchev–Trinajstić information content (AvgIpc) is 2.62. The van der Waals surface area contributed by atoms with Gasteiger partial charge >= 0.3 is 0 Å². The second-order valence-corrected chi connectivity index (χ2v) is 5.49. The van der Waals surface area contributed by atoms with Gasteiger partial charge in [-0.2, -0.15) is 0 Å². The standard InChI is InChI=1S/C18H22N6/c1-3-15-13-21-11-9-19-7-8-20-10-12-22-14-16-4-2-6-18(24-16)17(5-1)23-15/h1-8,21-22H,9-14H2/b19-7+,20-8+. The van der Waals surface area contributed by atoms with Crippen molar-refractivity contribution in [2.24, 2.45) is 9.98 Å². The van der Waals surface area contributed by atoms with Crippen molar-refractivity contribution in [1.82, 2.24) is 20.6 Å². The van der Waals surface area contributed by atoms with Gasteiger partial charge in [0.2, 0.25) is 0 Å². The first kappa shape index (κ1) is 16.4. The van der Waals surface area contributed by atoms with Crippen molar-refractivity contribution < 1.29 is 0 Å². The lowest BCUT2D eigenvalue weighted by Crippen LogP contribution is -2.19. The van der Waals surface area contributed by atoms with Gasteiger partial charge in [-0.3, -0.25) is 9.98 Å². The lowest BCUT2D eigenvalue weighted by Gasteiger charge is -2.08. The third-order valence-corrected chi connectivity index (χ3v) is 3.60. The largest absolute Gasteiger partial charge is 0.309 e. The summed E-state index contributed by atoms with van der Waals surface area (Å²) in [5, 5.41) is 6.71. The van der Waals surface area contributed by atoms with E-state index in [1.807, 2.05) is 36.4 Å². The Balaban J connectivity index is 1.78. The fourth-order valence-corrected chi connectivity index (χ4v) is 2.40. The number of nitrogens with zero attached hydrogens (tertiary/aromatic N) is 4. The second kappa shape index (κ2) is 9.00. The van der Waals surface area contributed by atoms with Gasteiger partial charge in [0.15, 0.2) is 0 Å². The minimum atomic E-state index is 0.721. The van der Waals surface area contributed by atoms with Crippen molar-refractivity contribution >= 4 is 12.4 Å². The van der Waals surface area contributed by atoms with E-state index in [1.54, 1.807) is 12.4 Å². The average molecular weight is 322 g/mol. The smallest absolute Gasteiger partial charge is 0.0890 e. The number of hydrogen-bond acceptors (Lipinski definition) is 6. The first-order valence-electron chi connectivity index (χ1n) is 8.24. The van der Waals surface area contributed by atoms with Gasteiger partial charge in [-0.05, 0) is 24.3 Å². The Morgan fingerprint density at radius 1 is 0.667 bits per heavy atom. The maximum Gasteiger partial charge on any atom is 0.0890 e. The number of aromatic nitrogens is 2. The van der Waals surface area contributed by atoms with Crippen LogP contribution in [0.2, 0.25) is 0 Å². The van der Waals surface area contributed by atoms with E-state index in [-0.39, 0.29) is 0 Å². The normalized spacial score (nSPS) is 19.0. The predicted molar refractivity (Wildman–Crippen MR) is 97.6 cm³/mol. The van der Waals surface area contributed by atoms with Crippen LogP contribution < -0.4 is 10.6 Å². The van der Waals surface area contributed by atoms with Crippen molar-refractivity contribution in [2.45, 2.75) is 13.1 Å². The van der Waals surface area contributed by atoms with Crippen molar-refractivity contribution in [3.05, 3.63) is 47.8 Å². The van der Waals surface area contributed by atoms with Crippen LogP contribution in [0, 0.1) is 0 Å². The van der Waals surface area contributed by atoms with E-state index in [0.29, 0.717) is 0 Å². The van der Waals surface area contributed by atoms with Crippen LogP contribution in [-0.4, -0.2) is 48.6 Å². The highest BCUT2D eigenvalue weighted by Crippen LogP contribution is 2.15. The molecule has 2 N–H and O–H groups in total. The van der Waals surface area contributed by atoms with E-state index in [9.17, 15) is 0 Å². The molecule has 0 saturated carbocycles. The minimum Gasteiger partial charge on any atom is -0.309 e. The monoisotopic (exact) mass is 322 g/mol. The first-order valence-corrected chi connectivity index (χ1v) is 8.24. The lowest BCUT2D eigenvalue weighted by atomic mass is 10.2. The first-order chi connectivity index (χ1) is 11.9. The number of pyridine rings is 2. The van der Waals surface area contributed by atoms with E-state index in [1.165, 1.54) is 0 Å². The summed E-state index contributed by atoms with van der Waals surface area (Å²) in [4.78, 5) is 18.0. The zero-order chi connectivity index (χ0) is 16.5. The fourth-order valence-electron chi connectivity index (χ4n) is 2.40. The molecule has 1 aliphatic heterocycles. The van der Waals surface area contributed by atoms with Gasteiger partial charge in [-0.25, -0.2) is 9.97 Å². The van der Waals surface area contributed by atoms with Crippen LogP contribution in [0.1, 0.15) is 11.4 Å². The van der Waals surface area contributed by atoms with Crippen LogP contribution in [0.3, 0.4) is 0 Å². The Hall–Kier alpha value is -2.44. The molecule has 3 heterocycles. The van der Waals surface area contributed by atoms with Gasteiger partial charge in [-0.1, -0.05) is 12.1 Å². The number of nitrogens with one attached hydrogen (secondary N) is 2. The van der Waals surface area contributed by atoms with Crippen molar-refractivity contribution in [3.63, 3.8) is 0 Å². The van der Waals surface area contributed by atoms with Crippen molar-refractivity contribution in [3.8, 4) is 11.4 Å². The van der Waals surface area contributed by atoms with E-state index in [0.717, 1.165) is 62.0 Å². The summed E-state index contributed by atoms with van der Waals surface area (Å²) in [6.07, 6.45) is 3.52. The third kappa shape index (κ3) is 5.04. The summed E-state index contributed by atoms with van der Waals surface area (Å²) in [6.45, 7) is 4.52. The summed E-state index contributed by atoms with van der Waals surface area (Å²) in [5.74, 6) is 0. The summed E-state index contributed by atoms with van der Waals surface area (Å²) < 4.78 is 0. The molecule has 124 valence electrons. The Morgan fingerprint density at radius 3 is 1.67 bits per heavy atom. The summed E-state index contributed by atoms with van der Waals surface area (Å²) in [5.41, 5.74) is 3.81. The van der Waals surface area contributed by atoms with Gasteiger partial charge in [0.1, 0.15) is 0 Å². The molecule has 0 saturated heterocycles. The maximum atomic E-state index is 4.70. The lowest BCUT2D eigenvalue weighted by molar-refractivity contribution is 0.681. The van der Waals surface area contributed by atoms with Crippen LogP contribution in [0.5, 0.6) is 0 Å². The third-order valence-electron chi connectivity index (χ3n) is 3.60. The Bertz CT molecular complexity index is 649. The molecule has 3 rings (SSSR count). The highest BCUT2D eigenvalue weighted by Gasteiger charge is 2.04. The molecule has 1 aliphatic rings. The molecule has 6 heteroatoms. The Morgan fingerprint density at radius 2 is 1.17 bits per heavy atom. The SMILES string of the molecule is C1=N/CCNCc2cccc(n2)-c2cccc(n2)CNCC/N=C/1. The fraction of sp³-hybridized carbons (Fsp3) is 0.333. The molecule has 4 bridgehead atoms. The van der Waals surface area contributed by atoms with Crippen LogP contribution in [0.25, 0.3) is 11.4 Å². The molecule has 0 fully saturated rings. The molecule has 24 heavy (non-hydrogen) atoms. The molecular formula is C18H22N6. The van der Waals surface area contributed by atoms with Crippen molar-refractivity contribution in [1.29, 1.82) is 0 Å². The zero-order valence-corrected chi connectivity index (χ0v) is 13.7. The molecule has 2 aromatic heterocycles. The predicted octanol–water partition coefficient (Wildman–Crippen LogP) is 1.48. The van der Waals surface area contributed by atoms with Crippen LogP contribution in [-0.2, 0) is 13.1 Å². The number of fused-ring (bicyclic) bond motifs is 5. The van der Waals surface area contributed by atoms with Gasteiger partial charge < -0.3 is 10.6 Å². The molecule has 0 atom stereocenters. The zero-order valence-electron chi connectivity index (χ0n) is 13.7. The maximum absolute atomic E-state index is 4.70. The topological polar surface area (TPSA) is 74.6 Å². The molecule has 2 aromatic rings. The van der Waals surface area contributed by atoms with Gasteiger partial charge in [0, 0.05) is 38.6 Å². The molecule has 0 aromatic carbocycles. The minimum absolute atomic E-state index is 0.721. The van der Waals surface area contributed by atoms with E-state index in [2.05, 4.69) is 20.6 Å². The van der Waals surface area contributed by atoms with Gasteiger partial charge in [-0.15, -0.1) is 0 Å². The van der Waals surface area contributed by atoms with E-state index < -0.39 is 0 Å². The highest BCUT2D eigenvalue weighted by atomic mass is 14.9. The van der Waals surface area contributed by atoms with Crippen LogP contribution in [0.15, 0.2) is 46.4 Å². The van der Waals surface area contributed by atoms with E-state index in [4.69, 9.17) is 9.97 Å². The van der Waals surface area contributed by atoms with Crippen LogP contribution >= 0.6 is 0 Å². The molecule has 0 aliphatic carbocycles. The summed E-state index contributed by atoms with van der Waals surface area (Å²) in [6, 6.07) is 12.1. The molecule has 0 radical (unpaired) electrons. The highest BCUT2D eigenvalue weighted by molar-refractivity contribution is 6.15. The number of rotatable bonds is 0.